The molecule has 2 rings (SSSR count). The second-order valence-corrected chi connectivity index (χ2v) is 5.34. The van der Waals surface area contributed by atoms with Gasteiger partial charge in [-0.1, -0.05) is 42.5 Å². The van der Waals surface area contributed by atoms with Gasteiger partial charge in [-0.05, 0) is 30.2 Å². The van der Waals surface area contributed by atoms with Crippen molar-refractivity contribution in [2.24, 2.45) is 4.99 Å². The molecule has 0 bridgehead atoms. The van der Waals surface area contributed by atoms with Gasteiger partial charge in [0.2, 0.25) is 0 Å². The summed E-state index contributed by atoms with van der Waals surface area (Å²) in [5.41, 5.74) is 2.07. The van der Waals surface area contributed by atoms with Crippen LogP contribution in [0.3, 0.4) is 0 Å². The fourth-order valence-corrected chi connectivity index (χ4v) is 2.30. The molecule has 5 heteroatoms. The lowest BCUT2D eigenvalue weighted by Gasteiger charge is -2.18. The normalized spacial score (nSPS) is 12.7. The number of aliphatic imine (C=N–C) groups is 1. The Morgan fingerprint density at radius 2 is 1.79 bits per heavy atom. The average molecular weight is 329 g/mol. The summed E-state index contributed by atoms with van der Waals surface area (Å²) in [4.78, 5) is 4.53. The number of ether oxygens (including phenoxy) is 1. The lowest BCUT2D eigenvalue weighted by atomic mass is 10.1. The predicted molar refractivity (Wildman–Crippen MR) is 95.4 cm³/mol. The standard InChI is InChI=1S/C19H24FN3O/c1-3-21-19(22-13-15-9-11-17(20)12-10-15)23-14-18(24-2)16-7-5-4-6-8-16/h4-12,18H,3,13-14H2,1-2H3,(H2,21,22,23). The van der Waals surface area contributed by atoms with E-state index in [1.54, 1.807) is 19.2 Å². The molecule has 0 aliphatic heterocycles. The van der Waals surface area contributed by atoms with Crippen LogP contribution in [-0.2, 0) is 11.3 Å². The van der Waals surface area contributed by atoms with E-state index in [4.69, 9.17) is 4.74 Å². The summed E-state index contributed by atoms with van der Waals surface area (Å²) < 4.78 is 18.5. The highest BCUT2D eigenvalue weighted by Crippen LogP contribution is 2.14. The molecule has 1 atom stereocenters. The number of methoxy groups -OCH3 is 1. The van der Waals surface area contributed by atoms with Gasteiger partial charge < -0.3 is 15.4 Å². The Morgan fingerprint density at radius 1 is 1.08 bits per heavy atom. The minimum absolute atomic E-state index is 0.0547. The molecule has 0 saturated carbocycles. The second-order valence-electron chi connectivity index (χ2n) is 5.34. The highest BCUT2D eigenvalue weighted by Gasteiger charge is 2.10. The first kappa shape index (κ1) is 17.9. The molecule has 128 valence electrons. The summed E-state index contributed by atoms with van der Waals surface area (Å²) in [6, 6.07) is 16.4. The fourth-order valence-electron chi connectivity index (χ4n) is 2.30. The summed E-state index contributed by atoms with van der Waals surface area (Å²) in [5, 5.41) is 6.50. The molecule has 0 saturated heterocycles. The largest absolute Gasteiger partial charge is 0.375 e. The fraction of sp³-hybridized carbons (Fsp3) is 0.316. The quantitative estimate of drug-likeness (QED) is 0.605. The van der Waals surface area contributed by atoms with Gasteiger partial charge in [0.05, 0.1) is 12.6 Å². The summed E-state index contributed by atoms with van der Waals surface area (Å²) in [7, 11) is 1.70. The van der Waals surface area contributed by atoms with Crippen LogP contribution in [0.2, 0.25) is 0 Å². The highest BCUT2D eigenvalue weighted by molar-refractivity contribution is 5.79. The van der Waals surface area contributed by atoms with Gasteiger partial charge >= 0.3 is 0 Å². The third-order valence-corrected chi connectivity index (χ3v) is 3.59. The minimum atomic E-state index is -0.237. The Morgan fingerprint density at radius 3 is 2.42 bits per heavy atom. The molecule has 2 aromatic carbocycles. The maximum Gasteiger partial charge on any atom is 0.191 e. The first-order chi connectivity index (χ1) is 11.7. The van der Waals surface area contributed by atoms with Crippen LogP contribution in [0.25, 0.3) is 0 Å². The Labute approximate surface area is 142 Å². The topological polar surface area (TPSA) is 45.7 Å². The predicted octanol–water partition coefficient (Wildman–Crippen LogP) is 3.27. The molecule has 0 aromatic heterocycles. The number of nitrogens with one attached hydrogen (secondary N) is 2. The number of hydrogen-bond acceptors (Lipinski definition) is 2. The molecule has 2 N–H and O–H groups in total. The number of rotatable bonds is 7. The van der Waals surface area contributed by atoms with Crippen LogP contribution < -0.4 is 10.6 Å². The smallest absolute Gasteiger partial charge is 0.191 e. The molecule has 1 unspecified atom stereocenters. The monoisotopic (exact) mass is 329 g/mol. The molecule has 2 aromatic rings. The van der Waals surface area contributed by atoms with Crippen LogP contribution in [0.4, 0.5) is 4.39 Å². The summed E-state index contributed by atoms with van der Waals surface area (Å²) in [6.45, 7) is 3.87. The van der Waals surface area contributed by atoms with Crippen molar-refractivity contribution in [3.63, 3.8) is 0 Å². The minimum Gasteiger partial charge on any atom is -0.375 e. The molecule has 0 radical (unpaired) electrons. The van der Waals surface area contributed by atoms with Gasteiger partial charge in [0.15, 0.2) is 5.96 Å². The first-order valence-corrected chi connectivity index (χ1v) is 8.07. The molecular weight excluding hydrogens is 305 g/mol. The van der Waals surface area contributed by atoms with Crippen molar-refractivity contribution < 1.29 is 9.13 Å². The van der Waals surface area contributed by atoms with Crippen LogP contribution >= 0.6 is 0 Å². The molecule has 0 amide bonds. The van der Waals surface area contributed by atoms with E-state index in [0.29, 0.717) is 19.0 Å². The zero-order valence-electron chi connectivity index (χ0n) is 14.1. The van der Waals surface area contributed by atoms with Crippen molar-refractivity contribution in [2.75, 3.05) is 20.2 Å². The molecular formula is C19H24FN3O. The van der Waals surface area contributed by atoms with Crippen LogP contribution in [0.15, 0.2) is 59.6 Å². The van der Waals surface area contributed by atoms with Gasteiger partial charge in [0.1, 0.15) is 5.82 Å². The Kier molecular flexibility index (Phi) is 7.23. The average Bonchev–Trinajstić information content (AvgIpc) is 2.62. The van der Waals surface area contributed by atoms with Crippen molar-refractivity contribution in [3.05, 3.63) is 71.5 Å². The SMILES string of the molecule is CCNC(=NCc1ccc(F)cc1)NCC(OC)c1ccccc1. The van der Waals surface area contributed by atoms with E-state index in [1.165, 1.54) is 12.1 Å². The van der Waals surface area contributed by atoms with E-state index in [2.05, 4.69) is 15.6 Å². The van der Waals surface area contributed by atoms with Crippen molar-refractivity contribution in [1.82, 2.24) is 10.6 Å². The van der Waals surface area contributed by atoms with E-state index in [1.807, 2.05) is 37.3 Å². The summed E-state index contributed by atoms with van der Waals surface area (Å²) in [6.07, 6.45) is -0.0547. The van der Waals surface area contributed by atoms with Gasteiger partial charge in [0, 0.05) is 20.2 Å². The zero-order valence-corrected chi connectivity index (χ0v) is 14.1. The van der Waals surface area contributed by atoms with E-state index in [9.17, 15) is 4.39 Å². The van der Waals surface area contributed by atoms with Gasteiger partial charge in [0.25, 0.3) is 0 Å². The second kappa shape index (κ2) is 9.67. The summed E-state index contributed by atoms with van der Waals surface area (Å²) >= 11 is 0. The van der Waals surface area contributed by atoms with Crippen molar-refractivity contribution in [3.8, 4) is 0 Å². The van der Waals surface area contributed by atoms with Gasteiger partial charge in [-0.3, -0.25) is 0 Å². The molecule has 0 heterocycles. The molecule has 4 nitrogen and oxygen atoms in total. The summed E-state index contributed by atoms with van der Waals surface area (Å²) in [5.74, 6) is 0.471. The lowest BCUT2D eigenvalue weighted by Crippen LogP contribution is -2.39. The third kappa shape index (κ3) is 5.66. The number of hydrogen-bond donors (Lipinski definition) is 2. The van der Waals surface area contributed by atoms with Crippen LogP contribution in [0.5, 0.6) is 0 Å². The van der Waals surface area contributed by atoms with Crippen LogP contribution in [0.1, 0.15) is 24.2 Å². The zero-order chi connectivity index (χ0) is 17.2. The molecule has 0 fully saturated rings. The van der Waals surface area contributed by atoms with E-state index in [-0.39, 0.29) is 11.9 Å². The number of halogens is 1. The van der Waals surface area contributed by atoms with Gasteiger partial charge in [-0.25, -0.2) is 9.38 Å². The Bertz CT molecular complexity index is 629. The van der Waals surface area contributed by atoms with Crippen molar-refractivity contribution in [2.45, 2.75) is 19.6 Å². The number of benzene rings is 2. The van der Waals surface area contributed by atoms with E-state index < -0.39 is 0 Å². The van der Waals surface area contributed by atoms with Gasteiger partial charge in [-0.15, -0.1) is 0 Å². The Hall–Kier alpha value is -2.40. The van der Waals surface area contributed by atoms with Crippen LogP contribution in [-0.4, -0.2) is 26.2 Å². The molecule has 0 aliphatic carbocycles. The molecule has 0 spiro atoms. The van der Waals surface area contributed by atoms with Crippen LogP contribution in [0, 0.1) is 5.82 Å². The maximum atomic E-state index is 12.9. The van der Waals surface area contributed by atoms with Crippen molar-refractivity contribution >= 4 is 5.96 Å². The third-order valence-electron chi connectivity index (χ3n) is 3.59. The lowest BCUT2D eigenvalue weighted by molar-refractivity contribution is 0.106. The van der Waals surface area contributed by atoms with E-state index in [0.717, 1.165) is 17.7 Å². The van der Waals surface area contributed by atoms with E-state index >= 15 is 0 Å². The van der Waals surface area contributed by atoms with Gasteiger partial charge in [-0.2, -0.15) is 0 Å². The van der Waals surface area contributed by atoms with Crippen molar-refractivity contribution in [1.29, 1.82) is 0 Å². The highest BCUT2D eigenvalue weighted by atomic mass is 19.1. The molecule has 0 aliphatic rings. The maximum absolute atomic E-state index is 12.9. The Balaban J connectivity index is 1.96. The first-order valence-electron chi connectivity index (χ1n) is 8.07. The molecule has 24 heavy (non-hydrogen) atoms. The number of nitrogens with zero attached hydrogens (tertiary/aromatic N) is 1. The number of guanidine groups is 1.